The molecule has 0 aromatic heterocycles. The monoisotopic (exact) mass is 223 g/mol. The molecule has 0 saturated heterocycles. The highest BCUT2D eigenvalue weighted by atomic mass is 16.4. The van der Waals surface area contributed by atoms with Crippen LogP contribution in [0.15, 0.2) is 0 Å². The molecule has 1 rings (SSSR count). The van der Waals surface area contributed by atoms with Crippen LogP contribution >= 0.6 is 0 Å². The highest BCUT2D eigenvalue weighted by molar-refractivity contribution is 5.80. The van der Waals surface area contributed by atoms with Crippen molar-refractivity contribution in [1.82, 2.24) is 5.32 Å². The molecule has 4 heteroatoms. The summed E-state index contributed by atoms with van der Waals surface area (Å²) in [6, 6.07) is 0. The maximum absolute atomic E-state index is 11.3. The van der Waals surface area contributed by atoms with Gasteiger partial charge in [-0.1, -0.05) is 0 Å². The van der Waals surface area contributed by atoms with E-state index in [0.717, 1.165) is 12.8 Å². The molecular formula is C12H17NO3. The fourth-order valence-electron chi connectivity index (χ4n) is 1.49. The summed E-state index contributed by atoms with van der Waals surface area (Å²) < 4.78 is 0. The standard InChI is InChI=1S/C12H17NO3/c1-2-3-4-5-6-10(14)13-9-12(7-8-12)11(15)16/h1H,3-9H2,(H,13,14)(H,15,16). The zero-order chi connectivity index (χ0) is 12.0. The molecule has 0 aliphatic heterocycles. The van der Waals surface area contributed by atoms with Crippen molar-refractivity contribution in [2.24, 2.45) is 5.41 Å². The summed E-state index contributed by atoms with van der Waals surface area (Å²) in [4.78, 5) is 22.2. The first kappa shape index (κ1) is 12.6. The molecule has 1 aliphatic rings. The number of unbranched alkanes of at least 4 members (excludes halogenated alkanes) is 2. The molecule has 2 N–H and O–H groups in total. The van der Waals surface area contributed by atoms with Crippen LogP contribution in [-0.2, 0) is 9.59 Å². The van der Waals surface area contributed by atoms with E-state index in [9.17, 15) is 9.59 Å². The second-order valence-electron chi connectivity index (χ2n) is 4.27. The maximum atomic E-state index is 11.3. The number of rotatable bonds is 7. The number of carboxylic acids is 1. The van der Waals surface area contributed by atoms with Crippen LogP contribution in [-0.4, -0.2) is 23.5 Å². The SMILES string of the molecule is C#CCCCCC(=O)NCC1(C(=O)O)CC1. The molecule has 1 fully saturated rings. The number of carboxylic acid groups (broad SMARTS) is 1. The van der Waals surface area contributed by atoms with Crippen LogP contribution in [0.1, 0.15) is 38.5 Å². The Bertz CT molecular complexity index is 313. The van der Waals surface area contributed by atoms with E-state index < -0.39 is 11.4 Å². The van der Waals surface area contributed by atoms with Gasteiger partial charge in [0.2, 0.25) is 5.91 Å². The van der Waals surface area contributed by atoms with E-state index in [0.29, 0.717) is 25.7 Å². The first-order valence-corrected chi connectivity index (χ1v) is 5.54. The minimum Gasteiger partial charge on any atom is -0.481 e. The molecule has 0 spiro atoms. The minimum absolute atomic E-state index is 0.0791. The van der Waals surface area contributed by atoms with E-state index in [1.807, 2.05) is 0 Å². The lowest BCUT2D eigenvalue weighted by Crippen LogP contribution is -2.34. The topological polar surface area (TPSA) is 66.4 Å². The van der Waals surface area contributed by atoms with Crippen LogP contribution in [0.5, 0.6) is 0 Å². The molecule has 0 bridgehead atoms. The second kappa shape index (κ2) is 5.55. The van der Waals surface area contributed by atoms with Gasteiger partial charge >= 0.3 is 5.97 Å². The van der Waals surface area contributed by atoms with Crippen molar-refractivity contribution in [3.63, 3.8) is 0 Å². The summed E-state index contributed by atoms with van der Waals surface area (Å²) in [5.41, 5.74) is -0.672. The first-order chi connectivity index (χ1) is 7.60. The van der Waals surface area contributed by atoms with Gasteiger partial charge in [0.1, 0.15) is 0 Å². The Hall–Kier alpha value is -1.50. The number of nitrogens with one attached hydrogen (secondary N) is 1. The van der Waals surface area contributed by atoms with Crippen LogP contribution in [0.25, 0.3) is 0 Å². The Kier molecular flexibility index (Phi) is 4.36. The van der Waals surface area contributed by atoms with Gasteiger partial charge in [-0.15, -0.1) is 12.3 Å². The van der Waals surface area contributed by atoms with Crippen molar-refractivity contribution in [1.29, 1.82) is 0 Å². The summed E-state index contributed by atoms with van der Waals surface area (Å²) in [5.74, 6) is 1.63. The molecule has 88 valence electrons. The van der Waals surface area contributed by atoms with Crippen molar-refractivity contribution in [3.05, 3.63) is 0 Å². The van der Waals surface area contributed by atoms with Gasteiger partial charge in [-0.2, -0.15) is 0 Å². The Morgan fingerprint density at radius 2 is 2.06 bits per heavy atom. The molecule has 0 radical (unpaired) electrons. The fraction of sp³-hybridized carbons (Fsp3) is 0.667. The van der Waals surface area contributed by atoms with Gasteiger partial charge in [0.05, 0.1) is 5.41 Å². The quantitative estimate of drug-likeness (QED) is 0.503. The minimum atomic E-state index is -0.805. The lowest BCUT2D eigenvalue weighted by Gasteiger charge is -2.10. The van der Waals surface area contributed by atoms with Crippen molar-refractivity contribution < 1.29 is 14.7 Å². The third kappa shape index (κ3) is 3.58. The number of carbonyl (C=O) groups is 2. The Balaban J connectivity index is 2.12. The number of aliphatic carboxylic acids is 1. The summed E-state index contributed by atoms with van der Waals surface area (Å²) in [7, 11) is 0. The Labute approximate surface area is 95.4 Å². The maximum Gasteiger partial charge on any atom is 0.311 e. The number of terminal acetylenes is 1. The van der Waals surface area contributed by atoms with Crippen LogP contribution in [0, 0.1) is 17.8 Å². The zero-order valence-corrected chi connectivity index (χ0v) is 9.29. The van der Waals surface area contributed by atoms with E-state index in [2.05, 4.69) is 11.2 Å². The van der Waals surface area contributed by atoms with Crippen LogP contribution in [0.3, 0.4) is 0 Å². The number of amides is 1. The molecule has 0 aromatic carbocycles. The smallest absolute Gasteiger partial charge is 0.311 e. The van der Waals surface area contributed by atoms with E-state index in [1.54, 1.807) is 0 Å². The van der Waals surface area contributed by atoms with Gasteiger partial charge in [0.25, 0.3) is 0 Å². The van der Waals surface area contributed by atoms with Gasteiger partial charge in [-0.25, -0.2) is 0 Å². The van der Waals surface area contributed by atoms with Gasteiger partial charge in [-0.05, 0) is 25.7 Å². The number of hydrogen-bond acceptors (Lipinski definition) is 2. The van der Waals surface area contributed by atoms with E-state index in [1.165, 1.54) is 0 Å². The van der Waals surface area contributed by atoms with Crippen molar-refractivity contribution >= 4 is 11.9 Å². The molecule has 1 aliphatic carbocycles. The number of hydrogen-bond donors (Lipinski definition) is 2. The van der Waals surface area contributed by atoms with Gasteiger partial charge < -0.3 is 10.4 Å². The molecule has 0 atom stereocenters. The predicted molar refractivity (Wildman–Crippen MR) is 59.6 cm³/mol. The Morgan fingerprint density at radius 1 is 1.38 bits per heavy atom. The molecule has 4 nitrogen and oxygen atoms in total. The second-order valence-corrected chi connectivity index (χ2v) is 4.27. The average Bonchev–Trinajstić information content (AvgIpc) is 3.03. The van der Waals surface area contributed by atoms with Gasteiger partial charge in [0, 0.05) is 19.4 Å². The third-order valence-electron chi connectivity index (χ3n) is 2.91. The lowest BCUT2D eigenvalue weighted by molar-refractivity contribution is -0.143. The van der Waals surface area contributed by atoms with E-state index in [4.69, 9.17) is 11.5 Å². The molecule has 1 amide bonds. The summed E-state index contributed by atoms with van der Waals surface area (Å²) >= 11 is 0. The van der Waals surface area contributed by atoms with Crippen LogP contribution < -0.4 is 5.32 Å². The first-order valence-electron chi connectivity index (χ1n) is 5.54. The van der Waals surface area contributed by atoms with E-state index >= 15 is 0 Å². The van der Waals surface area contributed by atoms with Gasteiger partial charge in [-0.3, -0.25) is 9.59 Å². The molecule has 0 unspecified atom stereocenters. The highest BCUT2D eigenvalue weighted by Gasteiger charge is 2.50. The summed E-state index contributed by atoms with van der Waals surface area (Å²) in [6.45, 7) is 0.260. The highest BCUT2D eigenvalue weighted by Crippen LogP contribution is 2.45. The fourth-order valence-corrected chi connectivity index (χ4v) is 1.49. The largest absolute Gasteiger partial charge is 0.481 e. The third-order valence-corrected chi connectivity index (χ3v) is 2.91. The van der Waals surface area contributed by atoms with Gasteiger partial charge in [0.15, 0.2) is 0 Å². The molecule has 0 aromatic rings. The molecular weight excluding hydrogens is 206 g/mol. The van der Waals surface area contributed by atoms with Crippen molar-refractivity contribution in [3.8, 4) is 12.3 Å². The lowest BCUT2D eigenvalue weighted by atomic mass is 10.1. The van der Waals surface area contributed by atoms with E-state index in [-0.39, 0.29) is 12.5 Å². The summed E-state index contributed by atoms with van der Waals surface area (Å²) in [6.07, 6.45) is 9.14. The normalized spacial score (nSPS) is 16.2. The van der Waals surface area contributed by atoms with Crippen molar-refractivity contribution in [2.75, 3.05) is 6.54 Å². The summed E-state index contributed by atoms with van der Waals surface area (Å²) in [5, 5.41) is 11.6. The molecule has 1 saturated carbocycles. The zero-order valence-electron chi connectivity index (χ0n) is 9.29. The molecule has 16 heavy (non-hydrogen) atoms. The van der Waals surface area contributed by atoms with Crippen LogP contribution in [0.4, 0.5) is 0 Å². The number of carbonyl (C=O) groups excluding carboxylic acids is 1. The Morgan fingerprint density at radius 3 is 2.56 bits per heavy atom. The van der Waals surface area contributed by atoms with Crippen LogP contribution in [0.2, 0.25) is 0 Å². The predicted octanol–water partition coefficient (Wildman–Crippen LogP) is 1.16. The van der Waals surface area contributed by atoms with Crippen molar-refractivity contribution in [2.45, 2.75) is 38.5 Å². The molecule has 0 heterocycles. The average molecular weight is 223 g/mol.